The number of aromatic nitrogens is 2. The maximum Gasteiger partial charge on any atom is 0.126 e. The van der Waals surface area contributed by atoms with Crippen LogP contribution in [0.15, 0.2) is 114 Å². The Bertz CT molecular complexity index is 2400. The van der Waals surface area contributed by atoms with E-state index in [-0.39, 0.29) is 31.5 Å². The molecule has 7 rings (SSSR count). The molecule has 3 nitrogen and oxygen atoms in total. The molecular formula is C43H41FIrN2OSi-2. The fraction of sp³-hybridized carbons (Fsp3) is 0.209. The van der Waals surface area contributed by atoms with E-state index in [1.54, 1.807) is 24.4 Å². The summed E-state index contributed by atoms with van der Waals surface area (Å²) < 4.78 is 59.3. The van der Waals surface area contributed by atoms with E-state index in [4.69, 9.17) is 11.3 Å². The van der Waals surface area contributed by atoms with Crippen LogP contribution in [0.25, 0.3) is 44.5 Å². The molecule has 3 heterocycles. The number of halogens is 1. The van der Waals surface area contributed by atoms with Crippen LogP contribution in [0.1, 0.15) is 61.7 Å². The first-order valence-electron chi connectivity index (χ1n) is 18.4. The molecule has 6 heteroatoms. The fourth-order valence-electron chi connectivity index (χ4n) is 5.76. The van der Waals surface area contributed by atoms with Gasteiger partial charge in [0.2, 0.25) is 0 Å². The third-order valence-corrected chi connectivity index (χ3v) is 10.4. The van der Waals surface area contributed by atoms with Crippen molar-refractivity contribution in [2.24, 2.45) is 0 Å². The van der Waals surface area contributed by atoms with Crippen molar-refractivity contribution < 1.29 is 35.8 Å². The summed E-state index contributed by atoms with van der Waals surface area (Å²) >= 11 is 0. The Morgan fingerprint density at radius 3 is 2.33 bits per heavy atom. The maximum absolute atomic E-state index is 13.6. The second-order valence-corrected chi connectivity index (χ2v) is 18.2. The molecule has 0 amide bonds. The van der Waals surface area contributed by atoms with Gasteiger partial charge >= 0.3 is 0 Å². The van der Waals surface area contributed by atoms with E-state index >= 15 is 0 Å². The molecule has 0 saturated carbocycles. The van der Waals surface area contributed by atoms with Crippen LogP contribution in [-0.2, 0) is 20.1 Å². The number of pyridine rings is 2. The van der Waals surface area contributed by atoms with Gasteiger partial charge in [-0.1, -0.05) is 106 Å². The normalized spacial score (nSPS) is 14.6. The molecule has 0 N–H and O–H groups in total. The molecule has 4 aromatic carbocycles. The zero-order valence-electron chi connectivity index (χ0n) is 33.4. The van der Waals surface area contributed by atoms with Crippen LogP contribution in [0.5, 0.6) is 0 Å². The van der Waals surface area contributed by atoms with Crippen LogP contribution >= 0.6 is 0 Å². The minimum atomic E-state index is -2.13. The van der Waals surface area contributed by atoms with E-state index in [1.807, 2.05) is 87.6 Å². The first-order valence-corrected chi connectivity index (χ1v) is 19.4. The largest absolute Gasteiger partial charge is 0.500 e. The van der Waals surface area contributed by atoms with Gasteiger partial charge in [-0.2, -0.15) is 0 Å². The topological polar surface area (TPSA) is 38.9 Å². The predicted molar refractivity (Wildman–Crippen MR) is 200 cm³/mol. The first kappa shape index (κ1) is 29.7. The van der Waals surface area contributed by atoms with Gasteiger partial charge in [0.05, 0.1) is 13.7 Å². The molecule has 0 saturated heterocycles. The number of fused-ring (bicyclic) bond motifs is 3. The second-order valence-electron chi connectivity index (χ2n) is 13.1. The Labute approximate surface area is 311 Å². The van der Waals surface area contributed by atoms with E-state index in [0.717, 1.165) is 38.7 Å². The van der Waals surface area contributed by atoms with E-state index in [2.05, 4.69) is 41.7 Å². The average Bonchev–Trinajstić information content (AvgIpc) is 3.49. The zero-order valence-corrected chi connectivity index (χ0v) is 31.8. The van der Waals surface area contributed by atoms with Crippen molar-refractivity contribution in [2.75, 3.05) is 0 Å². The number of hydrogen-bond acceptors (Lipinski definition) is 3. The fourth-order valence-corrected chi connectivity index (χ4v) is 7.34. The van der Waals surface area contributed by atoms with Gasteiger partial charge in [0.1, 0.15) is 11.4 Å². The minimum Gasteiger partial charge on any atom is -0.500 e. The predicted octanol–water partition coefficient (Wildman–Crippen LogP) is 11.3. The van der Waals surface area contributed by atoms with Crippen molar-refractivity contribution in [3.63, 3.8) is 0 Å². The third-order valence-electron chi connectivity index (χ3n) is 8.39. The van der Waals surface area contributed by atoms with E-state index in [0.29, 0.717) is 22.4 Å². The molecule has 1 unspecified atom stereocenters. The van der Waals surface area contributed by atoms with Crippen LogP contribution in [0.4, 0.5) is 4.39 Å². The van der Waals surface area contributed by atoms with Crippen LogP contribution in [0.2, 0.25) is 19.6 Å². The monoisotopic (exact) mass is 846 g/mol. The smallest absolute Gasteiger partial charge is 0.126 e. The van der Waals surface area contributed by atoms with Crippen LogP contribution in [0.3, 0.4) is 0 Å². The Hall–Kier alpha value is -4.22. The minimum absolute atomic E-state index is 0. The van der Waals surface area contributed by atoms with Gasteiger partial charge < -0.3 is 14.4 Å². The summed E-state index contributed by atoms with van der Waals surface area (Å²) in [4.78, 5) is 9.07. The van der Waals surface area contributed by atoms with E-state index < -0.39 is 26.7 Å². The molecule has 1 atom stereocenters. The van der Waals surface area contributed by atoms with Gasteiger partial charge in [0, 0.05) is 56.7 Å². The van der Waals surface area contributed by atoms with E-state index in [9.17, 15) is 4.39 Å². The van der Waals surface area contributed by atoms with Crippen molar-refractivity contribution >= 4 is 35.2 Å². The van der Waals surface area contributed by atoms with Crippen LogP contribution in [-0.4, -0.2) is 18.0 Å². The quantitative estimate of drug-likeness (QED) is 0.124. The van der Waals surface area contributed by atoms with Gasteiger partial charge in [0.25, 0.3) is 0 Å². The molecule has 3 aromatic heterocycles. The van der Waals surface area contributed by atoms with Gasteiger partial charge in [-0.25, -0.2) is 4.39 Å². The summed E-state index contributed by atoms with van der Waals surface area (Å²) in [5.41, 5.74) is 6.92. The summed E-state index contributed by atoms with van der Waals surface area (Å²) in [6, 6.07) is 34.8. The van der Waals surface area contributed by atoms with E-state index in [1.165, 1.54) is 23.4 Å². The van der Waals surface area contributed by atoms with Crippen molar-refractivity contribution in [1.29, 1.82) is 0 Å². The van der Waals surface area contributed by atoms with Crippen LogP contribution in [0, 0.1) is 24.8 Å². The Kier molecular flexibility index (Phi) is 9.16. The molecule has 0 aliphatic rings. The standard InChI is InChI=1S/C25H17FNO.C18H24NSi.Ir/c1-16(17-6-3-2-4-7-17)18-12-13-27-23(14-18)22-9-5-8-21-20-11-10-19(26)15-24(20)28-25(21)22;1-13(2)16-11-17(15-9-7-14(3)8-10-15)19-12-18(16)20(4,5)6;/h2-8,10-16H,1H3;7-9,11-13H,1-6H3;/q2*-1;/i16D;3D3,13D;. The van der Waals surface area contributed by atoms with Crippen molar-refractivity contribution in [3.05, 3.63) is 150 Å². The molecule has 0 aliphatic heterocycles. The molecule has 0 bridgehead atoms. The molecular weight excluding hydrogens is 800 g/mol. The molecule has 0 spiro atoms. The number of hydrogen-bond donors (Lipinski definition) is 0. The third kappa shape index (κ3) is 7.99. The maximum atomic E-state index is 13.6. The average molecular weight is 846 g/mol. The van der Waals surface area contributed by atoms with Gasteiger partial charge in [-0.05, 0) is 51.8 Å². The van der Waals surface area contributed by atoms with Crippen molar-refractivity contribution in [2.45, 2.75) is 59.1 Å². The number of nitrogens with zero attached hydrogens (tertiary/aromatic N) is 2. The summed E-state index contributed by atoms with van der Waals surface area (Å²) in [6.45, 7) is 10.3. The summed E-state index contributed by atoms with van der Waals surface area (Å²) in [6.07, 6.45) is 3.59. The van der Waals surface area contributed by atoms with Gasteiger partial charge in [0.15, 0.2) is 0 Å². The molecule has 49 heavy (non-hydrogen) atoms. The van der Waals surface area contributed by atoms with Gasteiger partial charge in [-0.15, -0.1) is 53.6 Å². The van der Waals surface area contributed by atoms with Crippen LogP contribution < -0.4 is 5.19 Å². The van der Waals surface area contributed by atoms with Crippen molar-refractivity contribution in [1.82, 2.24) is 9.97 Å². The molecule has 0 fully saturated rings. The Morgan fingerprint density at radius 1 is 0.837 bits per heavy atom. The molecule has 251 valence electrons. The molecule has 7 aromatic rings. The summed E-state index contributed by atoms with van der Waals surface area (Å²) in [7, 11) is -1.61. The zero-order chi connectivity index (χ0) is 38.3. The number of rotatable bonds is 6. The summed E-state index contributed by atoms with van der Waals surface area (Å²) in [5.74, 6) is -1.98. The molecule has 0 aliphatic carbocycles. The number of furan rings is 1. The number of aryl methyl sites for hydroxylation is 1. The first-order chi connectivity index (χ1) is 24.8. The van der Waals surface area contributed by atoms with Gasteiger partial charge in [-0.3, -0.25) is 0 Å². The Balaban J connectivity index is 0.000000208. The number of benzene rings is 4. The SMILES string of the molecule is [2H]C(C)(c1ccccc1)c1ccnc(-c2[c-]ccc3c2oc2cc(F)ccc23)c1.[2H]C([2H])([2H])c1c[c-]c(-c2cc(C([2H])(C)C)c([Si](C)(C)C)cn2)cc1.[Ir]. The van der Waals surface area contributed by atoms with Crippen molar-refractivity contribution in [3.8, 4) is 22.5 Å². The summed E-state index contributed by atoms with van der Waals surface area (Å²) in [5, 5.41) is 2.92. The Morgan fingerprint density at radius 2 is 1.63 bits per heavy atom. The second kappa shape index (κ2) is 15.1. The molecule has 1 radical (unpaired) electrons.